The lowest BCUT2D eigenvalue weighted by Crippen LogP contribution is -2.44. The highest BCUT2D eigenvalue weighted by atomic mass is 79.9. The molecule has 1 amide bonds. The molecular formula is C11H20BrNO3. The molecule has 1 heterocycles. The van der Waals surface area contributed by atoms with Crippen molar-refractivity contribution in [1.29, 1.82) is 0 Å². The molecule has 1 N–H and O–H groups in total. The average Bonchev–Trinajstić information content (AvgIpc) is 2.71. The number of halogens is 1. The first-order valence-electron chi connectivity index (χ1n) is 5.75. The predicted molar refractivity (Wildman–Crippen MR) is 65.8 cm³/mol. The van der Waals surface area contributed by atoms with E-state index in [-0.39, 0.29) is 5.91 Å². The fraction of sp³-hybridized carbons (Fsp3) is 0.909. The minimum absolute atomic E-state index is 0.00508. The van der Waals surface area contributed by atoms with E-state index in [4.69, 9.17) is 9.47 Å². The first kappa shape index (κ1) is 13.9. The van der Waals surface area contributed by atoms with Crippen molar-refractivity contribution in [2.24, 2.45) is 0 Å². The normalized spacial score (nSPS) is 24.6. The Hall–Kier alpha value is -0.130. The standard InChI is InChI=1S/C11H20BrNO3/c1-11(4-2-8-16-11)10(14)13-6-3-7-15-9-5-12/h2-9H2,1H3,(H,13,14). The number of amides is 1. The van der Waals surface area contributed by atoms with Crippen LogP contribution in [0.2, 0.25) is 0 Å². The fourth-order valence-corrected chi connectivity index (χ4v) is 1.91. The Labute approximate surface area is 105 Å². The number of nitrogens with one attached hydrogen (secondary N) is 1. The molecule has 1 saturated heterocycles. The third-order valence-corrected chi connectivity index (χ3v) is 3.00. The molecule has 1 atom stereocenters. The summed E-state index contributed by atoms with van der Waals surface area (Å²) in [6.45, 7) is 4.60. The quantitative estimate of drug-likeness (QED) is 0.571. The molecule has 1 aliphatic heterocycles. The van der Waals surface area contributed by atoms with E-state index in [1.165, 1.54) is 0 Å². The summed E-state index contributed by atoms with van der Waals surface area (Å²) >= 11 is 3.28. The van der Waals surface area contributed by atoms with E-state index in [2.05, 4.69) is 21.2 Å². The van der Waals surface area contributed by atoms with E-state index in [1.807, 2.05) is 6.92 Å². The van der Waals surface area contributed by atoms with Crippen LogP contribution in [0.4, 0.5) is 0 Å². The Kier molecular flexibility index (Phi) is 6.31. The average molecular weight is 294 g/mol. The molecule has 16 heavy (non-hydrogen) atoms. The highest BCUT2D eigenvalue weighted by molar-refractivity contribution is 9.09. The van der Waals surface area contributed by atoms with Crippen molar-refractivity contribution in [2.75, 3.05) is 31.7 Å². The Morgan fingerprint density at radius 2 is 2.38 bits per heavy atom. The molecule has 0 bridgehead atoms. The second kappa shape index (κ2) is 7.25. The molecule has 1 unspecified atom stereocenters. The van der Waals surface area contributed by atoms with Gasteiger partial charge in [0.15, 0.2) is 0 Å². The molecule has 0 spiro atoms. The maximum absolute atomic E-state index is 11.8. The summed E-state index contributed by atoms with van der Waals surface area (Å²) in [6, 6.07) is 0. The zero-order valence-electron chi connectivity index (χ0n) is 9.76. The molecule has 0 aliphatic carbocycles. The van der Waals surface area contributed by atoms with Gasteiger partial charge in [-0.3, -0.25) is 4.79 Å². The molecule has 0 aromatic heterocycles. The highest BCUT2D eigenvalue weighted by Gasteiger charge is 2.37. The van der Waals surface area contributed by atoms with Crippen LogP contribution in [0.3, 0.4) is 0 Å². The van der Waals surface area contributed by atoms with Crippen molar-refractivity contribution >= 4 is 21.8 Å². The lowest BCUT2D eigenvalue weighted by molar-refractivity contribution is -0.139. The summed E-state index contributed by atoms with van der Waals surface area (Å²) in [7, 11) is 0. The largest absolute Gasteiger partial charge is 0.381 e. The van der Waals surface area contributed by atoms with Crippen molar-refractivity contribution in [2.45, 2.75) is 31.8 Å². The topological polar surface area (TPSA) is 47.6 Å². The second-order valence-corrected chi connectivity index (χ2v) is 4.89. The number of ether oxygens (including phenoxy) is 2. The minimum Gasteiger partial charge on any atom is -0.381 e. The summed E-state index contributed by atoms with van der Waals surface area (Å²) in [5, 5.41) is 3.74. The summed E-state index contributed by atoms with van der Waals surface area (Å²) in [6.07, 6.45) is 2.63. The molecule has 1 rings (SSSR count). The van der Waals surface area contributed by atoms with Crippen molar-refractivity contribution in [3.8, 4) is 0 Å². The van der Waals surface area contributed by atoms with Gasteiger partial charge in [-0.25, -0.2) is 0 Å². The van der Waals surface area contributed by atoms with E-state index in [1.54, 1.807) is 0 Å². The Morgan fingerprint density at radius 1 is 1.56 bits per heavy atom. The van der Waals surface area contributed by atoms with Crippen molar-refractivity contribution in [3.63, 3.8) is 0 Å². The summed E-state index contributed by atoms with van der Waals surface area (Å²) in [4.78, 5) is 11.8. The van der Waals surface area contributed by atoms with Crippen LogP contribution in [0.15, 0.2) is 0 Å². The molecule has 1 aliphatic rings. The first-order valence-corrected chi connectivity index (χ1v) is 6.87. The van der Waals surface area contributed by atoms with Crippen LogP contribution in [0, 0.1) is 0 Å². The molecule has 0 saturated carbocycles. The van der Waals surface area contributed by atoms with Gasteiger partial charge in [0.1, 0.15) is 5.60 Å². The third kappa shape index (κ3) is 4.39. The van der Waals surface area contributed by atoms with Crippen LogP contribution in [0.1, 0.15) is 26.2 Å². The maximum atomic E-state index is 11.8. The first-order chi connectivity index (χ1) is 7.69. The van der Waals surface area contributed by atoms with Crippen LogP contribution in [-0.4, -0.2) is 43.2 Å². The second-order valence-electron chi connectivity index (χ2n) is 4.09. The van der Waals surface area contributed by atoms with Gasteiger partial charge < -0.3 is 14.8 Å². The molecule has 0 aromatic rings. The molecule has 4 nitrogen and oxygen atoms in total. The lowest BCUT2D eigenvalue weighted by Gasteiger charge is -2.21. The predicted octanol–water partition coefficient (Wildman–Crippen LogP) is 1.47. The van der Waals surface area contributed by atoms with Gasteiger partial charge in [-0.05, 0) is 26.2 Å². The van der Waals surface area contributed by atoms with E-state index in [0.29, 0.717) is 19.8 Å². The van der Waals surface area contributed by atoms with Gasteiger partial charge in [-0.15, -0.1) is 0 Å². The number of hydrogen-bond acceptors (Lipinski definition) is 3. The Bertz CT molecular complexity index is 217. The van der Waals surface area contributed by atoms with Gasteiger partial charge in [0.2, 0.25) is 0 Å². The van der Waals surface area contributed by atoms with Gasteiger partial charge >= 0.3 is 0 Å². The van der Waals surface area contributed by atoms with Gasteiger partial charge in [0.05, 0.1) is 6.61 Å². The molecule has 5 heteroatoms. The third-order valence-electron chi connectivity index (χ3n) is 2.67. The van der Waals surface area contributed by atoms with E-state index in [9.17, 15) is 4.79 Å². The smallest absolute Gasteiger partial charge is 0.251 e. The minimum atomic E-state index is -0.600. The fourth-order valence-electron chi connectivity index (χ4n) is 1.68. The van der Waals surface area contributed by atoms with E-state index in [0.717, 1.165) is 31.2 Å². The number of alkyl halides is 1. The van der Waals surface area contributed by atoms with Gasteiger partial charge in [0.25, 0.3) is 5.91 Å². The van der Waals surface area contributed by atoms with E-state index >= 15 is 0 Å². The maximum Gasteiger partial charge on any atom is 0.251 e. The molecule has 94 valence electrons. The number of hydrogen-bond donors (Lipinski definition) is 1. The van der Waals surface area contributed by atoms with Crippen LogP contribution in [-0.2, 0) is 14.3 Å². The van der Waals surface area contributed by atoms with Crippen LogP contribution < -0.4 is 5.32 Å². The Morgan fingerprint density at radius 3 is 3.00 bits per heavy atom. The highest BCUT2D eigenvalue weighted by Crippen LogP contribution is 2.24. The van der Waals surface area contributed by atoms with E-state index < -0.39 is 5.60 Å². The van der Waals surface area contributed by atoms with Gasteiger partial charge in [0, 0.05) is 25.1 Å². The molecular weight excluding hydrogens is 274 g/mol. The van der Waals surface area contributed by atoms with Crippen LogP contribution in [0.5, 0.6) is 0 Å². The van der Waals surface area contributed by atoms with Gasteiger partial charge in [-0.1, -0.05) is 15.9 Å². The van der Waals surface area contributed by atoms with Crippen molar-refractivity contribution < 1.29 is 14.3 Å². The SMILES string of the molecule is CC1(C(=O)NCCCOCCBr)CCCO1. The number of carbonyl (C=O) groups excluding carboxylic acids is 1. The summed E-state index contributed by atoms with van der Waals surface area (Å²) < 4.78 is 10.7. The number of carbonyl (C=O) groups is 1. The number of rotatable bonds is 7. The molecule has 0 radical (unpaired) electrons. The zero-order valence-corrected chi connectivity index (χ0v) is 11.3. The summed E-state index contributed by atoms with van der Waals surface area (Å²) in [5.74, 6) is 0.00508. The summed E-state index contributed by atoms with van der Waals surface area (Å²) in [5.41, 5.74) is -0.600. The van der Waals surface area contributed by atoms with Crippen molar-refractivity contribution in [3.05, 3.63) is 0 Å². The zero-order chi connectivity index (χ0) is 11.9. The van der Waals surface area contributed by atoms with Gasteiger partial charge in [-0.2, -0.15) is 0 Å². The Balaban J connectivity index is 2.06. The van der Waals surface area contributed by atoms with Crippen molar-refractivity contribution in [1.82, 2.24) is 5.32 Å². The molecule has 0 aromatic carbocycles. The van der Waals surface area contributed by atoms with Crippen LogP contribution >= 0.6 is 15.9 Å². The monoisotopic (exact) mass is 293 g/mol. The molecule has 1 fully saturated rings. The van der Waals surface area contributed by atoms with Crippen LogP contribution in [0.25, 0.3) is 0 Å². The lowest BCUT2D eigenvalue weighted by atomic mass is 10.0.